The van der Waals surface area contributed by atoms with Crippen LogP contribution in [0, 0.1) is 5.41 Å². The highest BCUT2D eigenvalue weighted by Gasteiger charge is 2.52. The standard InChI is InChI=1S/C14H16N2O3/c15-8-14(5-6-14)13(19)16-7-10(12(17)18)9-3-1-2-4-11(9)16/h1-4,10H,5-8,15H2,(H,17,18). The van der Waals surface area contributed by atoms with Gasteiger partial charge in [-0.05, 0) is 24.5 Å². The Morgan fingerprint density at radius 1 is 1.37 bits per heavy atom. The number of carbonyl (C=O) groups excluding carboxylic acids is 1. The minimum absolute atomic E-state index is 0.0220. The molecular weight excluding hydrogens is 244 g/mol. The van der Waals surface area contributed by atoms with Crippen molar-refractivity contribution in [2.75, 3.05) is 18.0 Å². The molecule has 0 spiro atoms. The molecule has 19 heavy (non-hydrogen) atoms. The zero-order valence-corrected chi connectivity index (χ0v) is 10.5. The topological polar surface area (TPSA) is 83.6 Å². The molecular formula is C14H16N2O3. The van der Waals surface area contributed by atoms with E-state index in [-0.39, 0.29) is 12.5 Å². The van der Waals surface area contributed by atoms with E-state index in [1.165, 1.54) is 0 Å². The second-order valence-electron chi connectivity index (χ2n) is 5.35. The predicted molar refractivity (Wildman–Crippen MR) is 69.9 cm³/mol. The first-order chi connectivity index (χ1) is 9.09. The van der Waals surface area contributed by atoms with Crippen molar-refractivity contribution < 1.29 is 14.7 Å². The summed E-state index contributed by atoms with van der Waals surface area (Å²) in [5.74, 6) is -1.54. The lowest BCUT2D eigenvalue weighted by atomic mass is 10.0. The molecule has 1 aromatic rings. The van der Waals surface area contributed by atoms with Gasteiger partial charge >= 0.3 is 5.97 Å². The number of nitrogens with zero attached hydrogens (tertiary/aromatic N) is 1. The lowest BCUT2D eigenvalue weighted by Crippen LogP contribution is -2.40. The Labute approximate surface area is 111 Å². The smallest absolute Gasteiger partial charge is 0.312 e. The number of hydrogen-bond donors (Lipinski definition) is 2. The number of nitrogens with two attached hydrogens (primary N) is 1. The second kappa shape index (κ2) is 4.06. The maximum Gasteiger partial charge on any atom is 0.312 e. The van der Waals surface area contributed by atoms with E-state index in [2.05, 4.69) is 0 Å². The maximum absolute atomic E-state index is 12.5. The summed E-state index contributed by atoms with van der Waals surface area (Å²) in [4.78, 5) is 25.5. The van der Waals surface area contributed by atoms with Crippen LogP contribution in [0.5, 0.6) is 0 Å². The molecule has 2 aliphatic rings. The summed E-state index contributed by atoms with van der Waals surface area (Å²) >= 11 is 0. The van der Waals surface area contributed by atoms with Crippen LogP contribution in [-0.4, -0.2) is 30.1 Å². The number of rotatable bonds is 3. The van der Waals surface area contributed by atoms with Crippen LogP contribution in [-0.2, 0) is 9.59 Å². The van der Waals surface area contributed by atoms with Crippen molar-refractivity contribution in [2.24, 2.45) is 11.1 Å². The van der Waals surface area contributed by atoms with Crippen molar-refractivity contribution in [3.05, 3.63) is 29.8 Å². The summed E-state index contributed by atoms with van der Waals surface area (Å²) in [7, 11) is 0. The first-order valence-corrected chi connectivity index (χ1v) is 6.43. The summed E-state index contributed by atoms with van der Waals surface area (Å²) in [5.41, 5.74) is 6.68. The van der Waals surface area contributed by atoms with Crippen LogP contribution >= 0.6 is 0 Å². The molecule has 1 aliphatic carbocycles. The average molecular weight is 260 g/mol. The van der Waals surface area contributed by atoms with Gasteiger partial charge in [0.1, 0.15) is 5.92 Å². The Hall–Kier alpha value is -1.88. The first-order valence-electron chi connectivity index (χ1n) is 6.43. The maximum atomic E-state index is 12.5. The number of aliphatic carboxylic acids is 1. The van der Waals surface area contributed by atoms with E-state index in [9.17, 15) is 14.7 Å². The number of amides is 1. The minimum atomic E-state index is -0.889. The van der Waals surface area contributed by atoms with Gasteiger partial charge in [-0.1, -0.05) is 18.2 Å². The van der Waals surface area contributed by atoms with Gasteiger partial charge in [-0.15, -0.1) is 0 Å². The Morgan fingerprint density at radius 2 is 2.05 bits per heavy atom. The molecule has 100 valence electrons. The van der Waals surface area contributed by atoms with Gasteiger partial charge in [0.25, 0.3) is 0 Å². The Balaban J connectivity index is 1.97. The van der Waals surface area contributed by atoms with Gasteiger partial charge in [0, 0.05) is 18.8 Å². The number of para-hydroxylation sites is 1. The molecule has 3 rings (SSSR count). The molecule has 3 N–H and O–H groups in total. The van der Waals surface area contributed by atoms with Gasteiger partial charge in [-0.2, -0.15) is 0 Å². The molecule has 1 amide bonds. The van der Waals surface area contributed by atoms with E-state index < -0.39 is 17.3 Å². The molecule has 1 aliphatic heterocycles. The monoisotopic (exact) mass is 260 g/mol. The molecule has 1 fully saturated rings. The number of carboxylic acid groups (broad SMARTS) is 1. The van der Waals surface area contributed by atoms with E-state index in [4.69, 9.17) is 5.73 Å². The molecule has 5 heteroatoms. The van der Waals surface area contributed by atoms with Crippen molar-refractivity contribution in [3.63, 3.8) is 0 Å². The van der Waals surface area contributed by atoms with E-state index in [1.807, 2.05) is 12.1 Å². The van der Waals surface area contributed by atoms with Crippen molar-refractivity contribution >= 4 is 17.6 Å². The van der Waals surface area contributed by atoms with Gasteiger partial charge in [-0.25, -0.2) is 0 Å². The molecule has 0 radical (unpaired) electrons. The third kappa shape index (κ3) is 1.73. The summed E-state index contributed by atoms with van der Waals surface area (Å²) in [6, 6.07) is 7.22. The lowest BCUT2D eigenvalue weighted by Gasteiger charge is -2.22. The van der Waals surface area contributed by atoms with Crippen molar-refractivity contribution in [3.8, 4) is 0 Å². The Morgan fingerprint density at radius 3 is 2.63 bits per heavy atom. The quantitative estimate of drug-likeness (QED) is 0.847. The number of carbonyl (C=O) groups is 2. The number of fused-ring (bicyclic) bond motifs is 1. The molecule has 1 heterocycles. The fourth-order valence-electron chi connectivity index (χ4n) is 2.75. The van der Waals surface area contributed by atoms with E-state index in [0.29, 0.717) is 6.54 Å². The van der Waals surface area contributed by atoms with Crippen LogP contribution < -0.4 is 10.6 Å². The van der Waals surface area contributed by atoms with E-state index in [1.54, 1.807) is 17.0 Å². The molecule has 1 unspecified atom stereocenters. The molecule has 0 bridgehead atoms. The molecule has 1 saturated carbocycles. The van der Waals surface area contributed by atoms with Crippen LogP contribution in [0.1, 0.15) is 24.3 Å². The normalized spacial score (nSPS) is 23.0. The van der Waals surface area contributed by atoms with E-state index >= 15 is 0 Å². The SMILES string of the molecule is NCC1(C(=O)N2CC(C(=O)O)c3ccccc32)CC1. The average Bonchev–Trinajstić information content (AvgIpc) is 3.12. The summed E-state index contributed by atoms with van der Waals surface area (Å²) in [6.07, 6.45) is 1.61. The number of benzene rings is 1. The van der Waals surface area contributed by atoms with Gasteiger partial charge in [0.2, 0.25) is 5.91 Å². The molecule has 0 saturated heterocycles. The van der Waals surface area contributed by atoms with Crippen LogP contribution in [0.25, 0.3) is 0 Å². The number of hydrogen-bond acceptors (Lipinski definition) is 3. The highest BCUT2D eigenvalue weighted by Crippen LogP contribution is 2.49. The Bertz CT molecular complexity index is 551. The van der Waals surface area contributed by atoms with Gasteiger partial charge in [-0.3, -0.25) is 9.59 Å². The van der Waals surface area contributed by atoms with Gasteiger partial charge in [0.15, 0.2) is 0 Å². The summed E-state index contributed by atoms with van der Waals surface area (Å²) < 4.78 is 0. The molecule has 0 aromatic heterocycles. The Kier molecular flexibility index (Phi) is 2.60. The second-order valence-corrected chi connectivity index (χ2v) is 5.35. The highest BCUT2D eigenvalue weighted by molar-refractivity contribution is 6.03. The van der Waals surface area contributed by atoms with Crippen molar-refractivity contribution in [1.82, 2.24) is 0 Å². The lowest BCUT2D eigenvalue weighted by molar-refractivity contribution is -0.138. The first kappa shape index (κ1) is 12.2. The van der Waals surface area contributed by atoms with Crippen LogP contribution in [0.4, 0.5) is 5.69 Å². The molecule has 1 aromatic carbocycles. The molecule has 5 nitrogen and oxygen atoms in total. The number of anilines is 1. The van der Waals surface area contributed by atoms with Gasteiger partial charge in [0.05, 0.1) is 5.41 Å². The zero-order chi connectivity index (χ0) is 13.6. The van der Waals surface area contributed by atoms with Crippen LogP contribution in [0.2, 0.25) is 0 Å². The van der Waals surface area contributed by atoms with Gasteiger partial charge < -0.3 is 15.7 Å². The third-order valence-electron chi connectivity index (χ3n) is 4.21. The van der Waals surface area contributed by atoms with Crippen LogP contribution in [0.15, 0.2) is 24.3 Å². The fourth-order valence-corrected chi connectivity index (χ4v) is 2.75. The summed E-state index contributed by atoms with van der Waals surface area (Å²) in [6.45, 7) is 0.553. The zero-order valence-electron chi connectivity index (χ0n) is 10.5. The summed E-state index contributed by atoms with van der Waals surface area (Å²) in [5, 5.41) is 9.27. The van der Waals surface area contributed by atoms with Crippen molar-refractivity contribution in [2.45, 2.75) is 18.8 Å². The minimum Gasteiger partial charge on any atom is -0.481 e. The largest absolute Gasteiger partial charge is 0.481 e. The van der Waals surface area contributed by atoms with Crippen LogP contribution in [0.3, 0.4) is 0 Å². The highest BCUT2D eigenvalue weighted by atomic mass is 16.4. The predicted octanol–water partition coefficient (Wildman–Crippen LogP) is 0.940. The fraction of sp³-hybridized carbons (Fsp3) is 0.429. The van der Waals surface area contributed by atoms with Crippen molar-refractivity contribution in [1.29, 1.82) is 0 Å². The number of carboxylic acids is 1. The molecule has 1 atom stereocenters. The van der Waals surface area contributed by atoms with E-state index in [0.717, 1.165) is 24.1 Å². The third-order valence-corrected chi connectivity index (χ3v) is 4.21.